The van der Waals surface area contributed by atoms with Crippen molar-refractivity contribution in [1.29, 1.82) is 0 Å². The third kappa shape index (κ3) is 4.27. The van der Waals surface area contributed by atoms with Crippen molar-refractivity contribution in [3.8, 4) is 0 Å². The zero-order chi connectivity index (χ0) is 14.5. The highest BCUT2D eigenvalue weighted by atomic mass is 35.5. The van der Waals surface area contributed by atoms with Crippen molar-refractivity contribution >= 4 is 40.8 Å². The smallest absolute Gasteiger partial charge is 0.130 e. The lowest BCUT2D eigenvalue weighted by atomic mass is 10.4. The summed E-state index contributed by atoms with van der Waals surface area (Å²) in [5.41, 5.74) is 0. The lowest BCUT2D eigenvalue weighted by Crippen LogP contribution is -2.04. The van der Waals surface area contributed by atoms with E-state index in [0.717, 1.165) is 34.5 Å². The number of nitrogens with zero attached hydrogens (tertiary/aromatic N) is 2. The molecule has 0 radical (unpaired) electrons. The number of aromatic nitrogens is 2. The third-order valence-corrected chi connectivity index (χ3v) is 4.13. The van der Waals surface area contributed by atoms with E-state index in [4.69, 9.17) is 23.2 Å². The summed E-state index contributed by atoms with van der Waals surface area (Å²) in [6, 6.07) is 7.49. The van der Waals surface area contributed by atoms with Gasteiger partial charge in [0, 0.05) is 17.5 Å². The summed E-state index contributed by atoms with van der Waals surface area (Å²) < 4.78 is 0. The second-order valence-electron chi connectivity index (χ2n) is 4.24. The van der Waals surface area contributed by atoms with E-state index < -0.39 is 0 Å². The van der Waals surface area contributed by atoms with Crippen LogP contribution in [0, 0.1) is 6.92 Å². The Labute approximate surface area is 133 Å². The number of aryl methyl sites for hydroxylation is 1. The van der Waals surface area contributed by atoms with Crippen LogP contribution in [0.15, 0.2) is 34.2 Å². The monoisotopic (exact) mass is 327 g/mol. The Morgan fingerprint density at radius 1 is 1.15 bits per heavy atom. The molecule has 1 N–H and O–H groups in total. The van der Waals surface area contributed by atoms with E-state index in [9.17, 15) is 0 Å². The van der Waals surface area contributed by atoms with Gasteiger partial charge in [0.05, 0.1) is 10.0 Å². The molecule has 6 heteroatoms. The van der Waals surface area contributed by atoms with Crippen LogP contribution in [0.4, 0.5) is 5.82 Å². The van der Waals surface area contributed by atoms with E-state index in [1.54, 1.807) is 6.07 Å². The van der Waals surface area contributed by atoms with Crippen LogP contribution >= 0.6 is 35.0 Å². The fourth-order valence-electron chi connectivity index (χ4n) is 1.60. The van der Waals surface area contributed by atoms with Gasteiger partial charge in [-0.2, -0.15) is 0 Å². The molecule has 20 heavy (non-hydrogen) atoms. The molecule has 3 nitrogen and oxygen atoms in total. The molecule has 0 aliphatic heterocycles. The first kappa shape index (κ1) is 15.4. The van der Waals surface area contributed by atoms with Crippen molar-refractivity contribution < 1.29 is 0 Å². The highest BCUT2D eigenvalue weighted by molar-refractivity contribution is 7.99. The molecule has 2 rings (SSSR count). The summed E-state index contributed by atoms with van der Waals surface area (Å²) in [4.78, 5) is 9.79. The van der Waals surface area contributed by atoms with Crippen LogP contribution in [0.2, 0.25) is 10.0 Å². The Bertz CT molecular complexity index is 605. The number of nitrogens with one attached hydrogen (secondary N) is 1. The normalized spacial score (nSPS) is 10.6. The molecule has 0 saturated heterocycles. The maximum absolute atomic E-state index is 6.02. The van der Waals surface area contributed by atoms with Gasteiger partial charge in [-0.3, -0.25) is 0 Å². The Kier molecular flexibility index (Phi) is 5.52. The van der Waals surface area contributed by atoms with Gasteiger partial charge in [0.25, 0.3) is 0 Å². The molecule has 2 aromatic rings. The summed E-state index contributed by atoms with van der Waals surface area (Å²) in [7, 11) is 0. The van der Waals surface area contributed by atoms with Gasteiger partial charge < -0.3 is 5.32 Å². The fourth-order valence-corrected chi connectivity index (χ4v) is 2.86. The van der Waals surface area contributed by atoms with Gasteiger partial charge >= 0.3 is 0 Å². The van der Waals surface area contributed by atoms with E-state index >= 15 is 0 Å². The van der Waals surface area contributed by atoms with Gasteiger partial charge in [-0.15, -0.1) is 0 Å². The molecule has 0 fully saturated rings. The molecule has 0 atom stereocenters. The van der Waals surface area contributed by atoms with Gasteiger partial charge in [-0.25, -0.2) is 9.97 Å². The van der Waals surface area contributed by atoms with E-state index in [1.807, 2.05) is 25.1 Å². The van der Waals surface area contributed by atoms with Crippen LogP contribution in [0.3, 0.4) is 0 Å². The number of anilines is 1. The molecule has 0 bridgehead atoms. The van der Waals surface area contributed by atoms with E-state index in [2.05, 4.69) is 22.2 Å². The van der Waals surface area contributed by atoms with Crippen LogP contribution in [0.25, 0.3) is 0 Å². The number of benzene rings is 1. The van der Waals surface area contributed by atoms with Crippen LogP contribution in [0.1, 0.15) is 19.2 Å². The summed E-state index contributed by atoms with van der Waals surface area (Å²) in [5.74, 6) is 1.59. The maximum atomic E-state index is 6.02. The van der Waals surface area contributed by atoms with Gasteiger partial charge in [-0.05, 0) is 31.5 Å². The van der Waals surface area contributed by atoms with Crippen LogP contribution in [-0.4, -0.2) is 16.5 Å². The van der Waals surface area contributed by atoms with Gasteiger partial charge in [-0.1, -0.05) is 41.9 Å². The minimum Gasteiger partial charge on any atom is -0.370 e. The van der Waals surface area contributed by atoms with Crippen LogP contribution < -0.4 is 5.32 Å². The van der Waals surface area contributed by atoms with E-state index in [-0.39, 0.29) is 0 Å². The topological polar surface area (TPSA) is 37.8 Å². The van der Waals surface area contributed by atoms with Gasteiger partial charge in [0.2, 0.25) is 0 Å². The molecule has 0 amide bonds. The second kappa shape index (κ2) is 7.16. The number of hydrogen-bond acceptors (Lipinski definition) is 4. The zero-order valence-corrected chi connectivity index (χ0v) is 13.6. The molecule has 0 aliphatic rings. The molecule has 1 aromatic heterocycles. The molecule has 0 aliphatic carbocycles. The number of halogens is 2. The Morgan fingerprint density at radius 3 is 2.65 bits per heavy atom. The van der Waals surface area contributed by atoms with Crippen molar-refractivity contribution in [2.24, 2.45) is 0 Å². The van der Waals surface area contributed by atoms with Gasteiger partial charge in [0.1, 0.15) is 16.7 Å². The molecular weight excluding hydrogens is 313 g/mol. The van der Waals surface area contributed by atoms with Gasteiger partial charge in [0.15, 0.2) is 0 Å². The second-order valence-corrected chi connectivity index (χ2v) is 6.15. The minimum atomic E-state index is 0.548. The molecular formula is C14H15Cl2N3S. The summed E-state index contributed by atoms with van der Waals surface area (Å²) in [5, 5.41) is 5.26. The largest absolute Gasteiger partial charge is 0.370 e. The molecule has 106 valence electrons. The zero-order valence-electron chi connectivity index (χ0n) is 11.3. The Morgan fingerprint density at radius 2 is 1.95 bits per heavy atom. The number of rotatable bonds is 5. The fraction of sp³-hybridized carbons (Fsp3) is 0.286. The highest BCUT2D eigenvalue weighted by Gasteiger charge is 2.06. The first-order valence-corrected chi connectivity index (χ1v) is 7.88. The van der Waals surface area contributed by atoms with Crippen molar-refractivity contribution in [1.82, 2.24) is 9.97 Å². The Balaban J connectivity index is 2.19. The molecule has 1 heterocycles. The van der Waals surface area contributed by atoms with Crippen molar-refractivity contribution in [2.45, 2.75) is 30.2 Å². The van der Waals surface area contributed by atoms with E-state index in [0.29, 0.717) is 10.0 Å². The molecule has 0 spiro atoms. The average molecular weight is 328 g/mol. The summed E-state index contributed by atoms with van der Waals surface area (Å²) in [6.45, 7) is 4.90. The lowest BCUT2D eigenvalue weighted by Gasteiger charge is -2.08. The first-order valence-electron chi connectivity index (χ1n) is 6.31. The minimum absolute atomic E-state index is 0.548. The lowest BCUT2D eigenvalue weighted by molar-refractivity contribution is 0.928. The third-order valence-electron chi connectivity index (χ3n) is 2.48. The molecule has 0 saturated carbocycles. The number of hydrogen-bond donors (Lipinski definition) is 1. The SMILES string of the molecule is CCCNc1cc(Sc2ccc(Cl)c(Cl)c2)nc(C)n1. The van der Waals surface area contributed by atoms with Crippen molar-refractivity contribution in [3.05, 3.63) is 40.1 Å². The Hall–Kier alpha value is -0.970. The van der Waals surface area contributed by atoms with E-state index in [1.165, 1.54) is 11.8 Å². The molecule has 1 aromatic carbocycles. The highest BCUT2D eigenvalue weighted by Crippen LogP contribution is 2.32. The predicted molar refractivity (Wildman–Crippen MR) is 86.1 cm³/mol. The standard InChI is InChI=1S/C14H15Cl2N3S/c1-3-6-17-13-8-14(19-9(2)18-13)20-10-4-5-11(15)12(16)7-10/h4-5,7-8H,3,6H2,1-2H3,(H,17,18,19). The average Bonchev–Trinajstić information content (AvgIpc) is 2.40. The van der Waals surface area contributed by atoms with Crippen molar-refractivity contribution in [2.75, 3.05) is 11.9 Å². The van der Waals surface area contributed by atoms with Crippen molar-refractivity contribution in [3.63, 3.8) is 0 Å². The summed E-state index contributed by atoms with van der Waals surface area (Å²) >= 11 is 13.5. The quantitative estimate of drug-likeness (QED) is 0.778. The first-order chi connectivity index (χ1) is 9.58. The van der Waals surface area contributed by atoms with Crippen LogP contribution in [-0.2, 0) is 0 Å². The molecule has 0 unspecified atom stereocenters. The maximum Gasteiger partial charge on any atom is 0.130 e. The predicted octanol–water partition coefficient (Wildman–Crippen LogP) is 5.06. The van der Waals surface area contributed by atoms with Crippen LogP contribution in [0.5, 0.6) is 0 Å². The summed E-state index contributed by atoms with van der Waals surface area (Å²) in [6.07, 6.45) is 1.05.